The van der Waals surface area contributed by atoms with Crippen LogP contribution < -0.4 is 10.6 Å². The van der Waals surface area contributed by atoms with Gasteiger partial charge in [0, 0.05) is 11.7 Å². The molecule has 0 bridgehead atoms. The molecule has 0 saturated carbocycles. The van der Waals surface area contributed by atoms with E-state index in [4.69, 9.17) is 0 Å². The Labute approximate surface area is 116 Å². The van der Waals surface area contributed by atoms with E-state index in [1.807, 2.05) is 6.07 Å². The Bertz CT molecular complexity index is 430. The average molecular weight is 256 g/mol. The van der Waals surface area contributed by atoms with Gasteiger partial charge in [0.05, 0.1) is 6.04 Å². The fourth-order valence-corrected chi connectivity index (χ4v) is 2.50. The van der Waals surface area contributed by atoms with Gasteiger partial charge in [-0.15, -0.1) is 0 Å². The van der Waals surface area contributed by atoms with Crippen molar-refractivity contribution in [1.29, 1.82) is 0 Å². The Morgan fingerprint density at radius 3 is 2.68 bits per heavy atom. The Morgan fingerprint density at radius 1 is 1.37 bits per heavy atom. The second-order valence-corrected chi connectivity index (χ2v) is 5.41. The zero-order chi connectivity index (χ0) is 13.7. The number of hydrogen-bond acceptors (Lipinski definition) is 2. The highest BCUT2D eigenvalue weighted by molar-refractivity contribution is 5.21. The highest BCUT2D eigenvalue weighted by atomic mass is 15.0. The molecular weight excluding hydrogens is 232 g/mol. The molecule has 0 amide bonds. The first-order valence-corrected chi connectivity index (χ1v) is 7.05. The van der Waals surface area contributed by atoms with Crippen molar-refractivity contribution >= 4 is 0 Å². The molecule has 102 valence electrons. The molecule has 0 radical (unpaired) electrons. The lowest BCUT2D eigenvalue weighted by atomic mass is 10.00. The zero-order valence-electron chi connectivity index (χ0n) is 11.8. The third kappa shape index (κ3) is 3.97. The van der Waals surface area contributed by atoms with Crippen LogP contribution in [0.25, 0.3) is 0 Å². The van der Waals surface area contributed by atoms with Crippen molar-refractivity contribution < 1.29 is 0 Å². The molecule has 2 nitrogen and oxygen atoms in total. The molecule has 1 aliphatic rings. The largest absolute Gasteiger partial charge is 0.381 e. The van der Waals surface area contributed by atoms with Crippen molar-refractivity contribution in [2.24, 2.45) is 0 Å². The van der Waals surface area contributed by atoms with Gasteiger partial charge in [0.25, 0.3) is 0 Å². The van der Waals surface area contributed by atoms with E-state index in [-0.39, 0.29) is 6.04 Å². The van der Waals surface area contributed by atoms with Gasteiger partial charge in [-0.05, 0) is 38.3 Å². The zero-order valence-corrected chi connectivity index (χ0v) is 11.8. The number of benzene rings is 1. The second kappa shape index (κ2) is 6.58. The minimum absolute atomic E-state index is 0.261. The summed E-state index contributed by atoms with van der Waals surface area (Å²) in [5.41, 5.74) is 3.58. The molecule has 1 aromatic carbocycles. The van der Waals surface area contributed by atoms with Crippen molar-refractivity contribution in [3.05, 3.63) is 60.3 Å². The van der Waals surface area contributed by atoms with Gasteiger partial charge in [-0.25, -0.2) is 0 Å². The first kappa shape index (κ1) is 13.9. The molecule has 0 spiro atoms. The minimum atomic E-state index is 0.261. The molecule has 1 heterocycles. The summed E-state index contributed by atoms with van der Waals surface area (Å²) in [5.74, 6) is 0. The van der Waals surface area contributed by atoms with Crippen LogP contribution in [0.2, 0.25) is 0 Å². The average Bonchev–Trinajstić information content (AvgIpc) is 2.93. The Balaban J connectivity index is 1.96. The summed E-state index contributed by atoms with van der Waals surface area (Å²) < 4.78 is 0. The first-order chi connectivity index (χ1) is 9.16. The highest BCUT2D eigenvalue weighted by Crippen LogP contribution is 2.15. The van der Waals surface area contributed by atoms with Crippen LogP contribution in [-0.4, -0.2) is 18.6 Å². The topological polar surface area (TPSA) is 24.1 Å². The molecular formula is C17H24N2. The summed E-state index contributed by atoms with van der Waals surface area (Å²) in [6.07, 6.45) is 3.38. The van der Waals surface area contributed by atoms with Crippen molar-refractivity contribution in [2.75, 3.05) is 6.54 Å². The standard InChI is InChI=1S/C17H24N2/c1-13(2)17(12-15-8-5-4-6-9-15)19-14(3)16-10-7-11-18-16/h4-6,8-9,16-19H,1,3,7,10-12H2,2H3. The van der Waals surface area contributed by atoms with E-state index in [2.05, 4.69) is 55.0 Å². The van der Waals surface area contributed by atoms with Crippen molar-refractivity contribution in [3.8, 4) is 0 Å². The molecule has 2 N–H and O–H groups in total. The molecule has 1 saturated heterocycles. The van der Waals surface area contributed by atoms with Gasteiger partial charge in [-0.1, -0.05) is 49.1 Å². The molecule has 1 aromatic rings. The van der Waals surface area contributed by atoms with Crippen LogP contribution in [0.3, 0.4) is 0 Å². The number of rotatable bonds is 6. The first-order valence-electron chi connectivity index (χ1n) is 7.05. The number of hydrogen-bond donors (Lipinski definition) is 2. The molecule has 1 aliphatic heterocycles. The molecule has 0 aliphatic carbocycles. The van der Waals surface area contributed by atoms with E-state index < -0.39 is 0 Å². The quantitative estimate of drug-likeness (QED) is 0.765. The molecule has 0 aromatic heterocycles. The summed E-state index contributed by atoms with van der Waals surface area (Å²) in [5, 5.41) is 7.02. The lowest BCUT2D eigenvalue weighted by molar-refractivity contribution is 0.563. The van der Waals surface area contributed by atoms with E-state index in [1.165, 1.54) is 18.4 Å². The molecule has 1 fully saturated rings. The van der Waals surface area contributed by atoms with Crippen LogP contribution in [0.4, 0.5) is 0 Å². The van der Waals surface area contributed by atoms with Crippen LogP contribution in [0, 0.1) is 0 Å². The second-order valence-electron chi connectivity index (χ2n) is 5.41. The van der Waals surface area contributed by atoms with E-state index in [0.717, 1.165) is 24.2 Å². The maximum atomic E-state index is 4.19. The van der Waals surface area contributed by atoms with Crippen LogP contribution in [0.1, 0.15) is 25.3 Å². The van der Waals surface area contributed by atoms with Gasteiger partial charge in [0.1, 0.15) is 0 Å². The van der Waals surface area contributed by atoms with Crippen LogP contribution in [0.15, 0.2) is 54.8 Å². The van der Waals surface area contributed by atoms with Gasteiger partial charge in [-0.3, -0.25) is 0 Å². The van der Waals surface area contributed by atoms with E-state index in [9.17, 15) is 0 Å². The van der Waals surface area contributed by atoms with Gasteiger partial charge in [-0.2, -0.15) is 0 Å². The smallest absolute Gasteiger partial charge is 0.0506 e. The Morgan fingerprint density at radius 2 is 2.11 bits per heavy atom. The summed E-state index contributed by atoms with van der Waals surface area (Å²) in [4.78, 5) is 0. The predicted octanol–water partition coefficient (Wildman–Crippen LogP) is 3.03. The van der Waals surface area contributed by atoms with Gasteiger partial charge in [0.15, 0.2) is 0 Å². The summed E-state index contributed by atoms with van der Waals surface area (Å²) >= 11 is 0. The summed E-state index contributed by atoms with van der Waals surface area (Å²) in [6.45, 7) is 11.5. The summed E-state index contributed by atoms with van der Waals surface area (Å²) in [7, 11) is 0. The normalized spacial score (nSPS) is 19.9. The number of nitrogens with one attached hydrogen (secondary N) is 2. The lowest BCUT2D eigenvalue weighted by Crippen LogP contribution is -2.38. The minimum Gasteiger partial charge on any atom is -0.381 e. The molecule has 19 heavy (non-hydrogen) atoms. The van der Waals surface area contributed by atoms with Crippen molar-refractivity contribution in [2.45, 2.75) is 38.3 Å². The Hall–Kier alpha value is -1.54. The van der Waals surface area contributed by atoms with E-state index in [0.29, 0.717) is 6.04 Å². The maximum absolute atomic E-state index is 4.19. The monoisotopic (exact) mass is 256 g/mol. The van der Waals surface area contributed by atoms with E-state index >= 15 is 0 Å². The van der Waals surface area contributed by atoms with Crippen LogP contribution in [-0.2, 0) is 6.42 Å². The van der Waals surface area contributed by atoms with Crippen molar-refractivity contribution in [3.63, 3.8) is 0 Å². The summed E-state index contributed by atoms with van der Waals surface area (Å²) in [6, 6.07) is 11.2. The van der Waals surface area contributed by atoms with Gasteiger partial charge >= 0.3 is 0 Å². The lowest BCUT2D eigenvalue weighted by Gasteiger charge is -2.25. The molecule has 2 unspecified atom stereocenters. The fourth-order valence-electron chi connectivity index (χ4n) is 2.50. The third-order valence-electron chi connectivity index (χ3n) is 3.72. The van der Waals surface area contributed by atoms with Gasteiger partial charge < -0.3 is 10.6 Å². The molecule has 2 rings (SSSR count). The predicted molar refractivity (Wildman–Crippen MR) is 82.0 cm³/mol. The van der Waals surface area contributed by atoms with Crippen LogP contribution >= 0.6 is 0 Å². The SMILES string of the molecule is C=C(C)C(Cc1ccccc1)NC(=C)C1CCCN1. The maximum Gasteiger partial charge on any atom is 0.0506 e. The van der Waals surface area contributed by atoms with Crippen LogP contribution in [0.5, 0.6) is 0 Å². The third-order valence-corrected chi connectivity index (χ3v) is 3.72. The van der Waals surface area contributed by atoms with E-state index in [1.54, 1.807) is 0 Å². The fraction of sp³-hybridized carbons (Fsp3) is 0.412. The Kier molecular flexibility index (Phi) is 4.80. The molecule has 2 atom stereocenters. The van der Waals surface area contributed by atoms with Gasteiger partial charge in [0.2, 0.25) is 0 Å². The van der Waals surface area contributed by atoms with Crippen molar-refractivity contribution in [1.82, 2.24) is 10.6 Å². The molecule has 2 heteroatoms. The highest BCUT2D eigenvalue weighted by Gasteiger charge is 2.19.